The minimum atomic E-state index is -1.13. The number of aliphatic hydroxyl groups is 1. The summed E-state index contributed by atoms with van der Waals surface area (Å²) in [6.45, 7) is 1.95. The Kier molecular flexibility index (Phi) is 6.52. The number of hydrogen-bond acceptors (Lipinski definition) is 7. The van der Waals surface area contributed by atoms with Crippen LogP contribution in [0.1, 0.15) is 25.0 Å². The van der Waals surface area contributed by atoms with Crippen LogP contribution in [-0.2, 0) is 9.53 Å². The molecule has 1 N–H and O–H groups in total. The number of esters is 1. The van der Waals surface area contributed by atoms with E-state index in [0.717, 1.165) is 0 Å². The van der Waals surface area contributed by atoms with E-state index in [1.807, 2.05) is 0 Å². The van der Waals surface area contributed by atoms with Gasteiger partial charge < -0.3 is 28.8 Å². The number of ether oxygens (including phenoxy) is 5. The van der Waals surface area contributed by atoms with Crippen LogP contribution in [0.2, 0.25) is 0 Å². The van der Waals surface area contributed by atoms with Gasteiger partial charge in [-0.25, -0.2) is 0 Å². The third kappa shape index (κ3) is 3.62. The van der Waals surface area contributed by atoms with E-state index >= 15 is 0 Å². The predicted octanol–water partition coefficient (Wildman–Crippen LogP) is 2.86. The maximum atomic E-state index is 11.8. The van der Waals surface area contributed by atoms with E-state index in [1.54, 1.807) is 32.2 Å². The van der Waals surface area contributed by atoms with Gasteiger partial charge >= 0.3 is 5.97 Å². The summed E-state index contributed by atoms with van der Waals surface area (Å²) in [6, 6.07) is 5.13. The van der Waals surface area contributed by atoms with Gasteiger partial charge in [-0.2, -0.15) is 0 Å². The molecule has 1 unspecified atom stereocenters. The quantitative estimate of drug-likeness (QED) is 0.721. The molecule has 0 aromatic heterocycles. The van der Waals surface area contributed by atoms with Gasteiger partial charge in [0.05, 0.1) is 58.3 Å². The fourth-order valence-corrected chi connectivity index (χ4v) is 2.91. The summed E-state index contributed by atoms with van der Waals surface area (Å²) >= 11 is 0. The summed E-state index contributed by atoms with van der Waals surface area (Å²) in [5.74, 6) is 1.45. The minimum Gasteiger partial charge on any atom is -0.496 e. The molecule has 0 saturated heterocycles. The van der Waals surface area contributed by atoms with Crippen molar-refractivity contribution >= 4 is 16.7 Å². The van der Waals surface area contributed by atoms with Crippen LogP contribution >= 0.6 is 0 Å². The standard InChI is InChI=1S/C19H24O7/c1-6-26-16(21)10-12(20)11-9-15(24-4)17-13(22-2)7-8-14(23-3)18(17)19(11)25-5/h7-9,12,20H,6,10H2,1-5H3. The van der Waals surface area contributed by atoms with Crippen molar-refractivity contribution in [3.05, 3.63) is 23.8 Å². The lowest BCUT2D eigenvalue weighted by molar-refractivity contribution is -0.145. The predicted molar refractivity (Wildman–Crippen MR) is 96.4 cm³/mol. The molecule has 7 nitrogen and oxygen atoms in total. The van der Waals surface area contributed by atoms with Gasteiger partial charge in [-0.3, -0.25) is 4.79 Å². The molecule has 0 heterocycles. The van der Waals surface area contributed by atoms with Crippen molar-refractivity contribution in [2.24, 2.45) is 0 Å². The van der Waals surface area contributed by atoms with E-state index in [9.17, 15) is 9.90 Å². The highest BCUT2D eigenvalue weighted by atomic mass is 16.5. The molecule has 0 radical (unpaired) electrons. The Balaban J connectivity index is 2.74. The number of methoxy groups -OCH3 is 4. The Morgan fingerprint density at radius 1 is 0.962 bits per heavy atom. The van der Waals surface area contributed by atoms with E-state index in [0.29, 0.717) is 39.3 Å². The summed E-state index contributed by atoms with van der Waals surface area (Å²) in [4.78, 5) is 11.8. The molecular weight excluding hydrogens is 340 g/mol. The number of carbonyl (C=O) groups excluding carboxylic acids is 1. The van der Waals surface area contributed by atoms with E-state index in [1.165, 1.54) is 21.3 Å². The molecular formula is C19H24O7. The van der Waals surface area contributed by atoms with Crippen LogP contribution in [0.3, 0.4) is 0 Å². The fourth-order valence-electron chi connectivity index (χ4n) is 2.91. The van der Waals surface area contributed by atoms with Gasteiger partial charge in [0, 0.05) is 5.56 Å². The molecule has 1 atom stereocenters. The van der Waals surface area contributed by atoms with Crippen LogP contribution in [0.5, 0.6) is 23.0 Å². The maximum Gasteiger partial charge on any atom is 0.308 e. The third-order valence-corrected chi connectivity index (χ3v) is 4.04. The van der Waals surface area contributed by atoms with E-state index in [-0.39, 0.29) is 13.0 Å². The van der Waals surface area contributed by atoms with Gasteiger partial charge in [0.1, 0.15) is 23.0 Å². The second-order valence-corrected chi connectivity index (χ2v) is 5.45. The van der Waals surface area contributed by atoms with Gasteiger partial charge in [0.2, 0.25) is 0 Å². The SMILES string of the molecule is CCOC(=O)CC(O)c1cc(OC)c2c(OC)ccc(OC)c2c1OC. The third-order valence-electron chi connectivity index (χ3n) is 4.04. The molecule has 0 aliphatic carbocycles. The Labute approximate surface area is 152 Å². The van der Waals surface area contributed by atoms with E-state index < -0.39 is 12.1 Å². The van der Waals surface area contributed by atoms with Gasteiger partial charge in [-0.1, -0.05) is 0 Å². The Morgan fingerprint density at radius 2 is 1.54 bits per heavy atom. The molecule has 0 aliphatic rings. The molecule has 0 saturated carbocycles. The average Bonchev–Trinajstić information content (AvgIpc) is 2.65. The van der Waals surface area contributed by atoms with Gasteiger partial charge in [-0.15, -0.1) is 0 Å². The first-order chi connectivity index (χ1) is 12.5. The second-order valence-electron chi connectivity index (χ2n) is 5.45. The molecule has 0 aliphatic heterocycles. The zero-order chi connectivity index (χ0) is 19.3. The smallest absolute Gasteiger partial charge is 0.308 e. The highest BCUT2D eigenvalue weighted by Gasteiger charge is 2.25. The number of hydrogen-bond donors (Lipinski definition) is 1. The van der Waals surface area contributed by atoms with Crippen molar-refractivity contribution in [1.29, 1.82) is 0 Å². The normalized spacial score (nSPS) is 11.8. The molecule has 2 aromatic carbocycles. The van der Waals surface area contributed by atoms with Crippen molar-refractivity contribution in [3.8, 4) is 23.0 Å². The number of benzene rings is 2. The summed E-state index contributed by atoms with van der Waals surface area (Å²) in [6.07, 6.45) is -1.33. The molecule has 0 spiro atoms. The number of rotatable bonds is 8. The maximum absolute atomic E-state index is 11.8. The molecule has 2 aromatic rings. The first-order valence-electron chi connectivity index (χ1n) is 8.15. The second kappa shape index (κ2) is 8.62. The number of aliphatic hydroxyl groups excluding tert-OH is 1. The van der Waals surface area contributed by atoms with Crippen LogP contribution in [0, 0.1) is 0 Å². The molecule has 0 bridgehead atoms. The summed E-state index contributed by atoms with van der Waals surface area (Å²) in [5, 5.41) is 11.8. The Bertz CT molecular complexity index is 785. The molecule has 7 heteroatoms. The molecule has 2 rings (SSSR count). The lowest BCUT2D eigenvalue weighted by atomic mass is 9.97. The highest BCUT2D eigenvalue weighted by molar-refractivity contribution is 6.03. The lowest BCUT2D eigenvalue weighted by Gasteiger charge is -2.21. The van der Waals surface area contributed by atoms with Crippen molar-refractivity contribution < 1.29 is 33.6 Å². The zero-order valence-corrected chi connectivity index (χ0v) is 15.6. The monoisotopic (exact) mass is 364 g/mol. The van der Waals surface area contributed by atoms with Gasteiger partial charge in [-0.05, 0) is 25.1 Å². The van der Waals surface area contributed by atoms with E-state index in [4.69, 9.17) is 23.7 Å². The first-order valence-corrected chi connectivity index (χ1v) is 8.15. The topological polar surface area (TPSA) is 83.5 Å². The van der Waals surface area contributed by atoms with Crippen LogP contribution < -0.4 is 18.9 Å². The molecule has 142 valence electrons. The van der Waals surface area contributed by atoms with Gasteiger partial charge in [0.25, 0.3) is 0 Å². The minimum absolute atomic E-state index is 0.203. The van der Waals surface area contributed by atoms with Crippen molar-refractivity contribution in [2.75, 3.05) is 35.0 Å². The van der Waals surface area contributed by atoms with Crippen LogP contribution in [0.4, 0.5) is 0 Å². The number of carbonyl (C=O) groups is 1. The summed E-state index contributed by atoms with van der Waals surface area (Å²) < 4.78 is 26.9. The lowest BCUT2D eigenvalue weighted by Crippen LogP contribution is -2.11. The zero-order valence-electron chi connectivity index (χ0n) is 15.6. The Morgan fingerprint density at radius 3 is 2.04 bits per heavy atom. The van der Waals surface area contributed by atoms with Crippen molar-refractivity contribution in [1.82, 2.24) is 0 Å². The number of fused-ring (bicyclic) bond motifs is 1. The Hall–Kier alpha value is -2.67. The molecule has 0 amide bonds. The van der Waals surface area contributed by atoms with Crippen molar-refractivity contribution in [3.63, 3.8) is 0 Å². The first kappa shape index (κ1) is 19.7. The largest absolute Gasteiger partial charge is 0.496 e. The van der Waals surface area contributed by atoms with Crippen molar-refractivity contribution in [2.45, 2.75) is 19.4 Å². The van der Waals surface area contributed by atoms with E-state index in [2.05, 4.69) is 0 Å². The van der Waals surface area contributed by atoms with Crippen LogP contribution in [0.25, 0.3) is 10.8 Å². The summed E-state index contributed by atoms with van der Waals surface area (Å²) in [5.41, 5.74) is 0.399. The molecule has 0 fully saturated rings. The fraction of sp³-hybridized carbons (Fsp3) is 0.421. The van der Waals surface area contributed by atoms with Crippen LogP contribution in [-0.4, -0.2) is 46.1 Å². The molecule has 26 heavy (non-hydrogen) atoms. The van der Waals surface area contributed by atoms with Crippen LogP contribution in [0.15, 0.2) is 18.2 Å². The van der Waals surface area contributed by atoms with Gasteiger partial charge in [0.15, 0.2) is 0 Å². The average molecular weight is 364 g/mol. The summed E-state index contributed by atoms with van der Waals surface area (Å²) in [7, 11) is 6.09. The highest BCUT2D eigenvalue weighted by Crippen LogP contribution is 2.48.